The molecule has 3 heterocycles. The largest absolute Gasteiger partial charge is 0.463 e. The molecule has 27 heavy (non-hydrogen) atoms. The molecule has 3 rings (SSSR count). The SMILES string of the molecule is Cc1c(Cl)nc(OCCCc2nc3ccccn3n2)nc1NCC(C)(C)O. The highest BCUT2D eigenvalue weighted by atomic mass is 35.5. The Morgan fingerprint density at radius 3 is 2.81 bits per heavy atom. The van der Waals surface area contributed by atoms with Gasteiger partial charge in [0.1, 0.15) is 11.0 Å². The van der Waals surface area contributed by atoms with E-state index in [9.17, 15) is 5.11 Å². The molecule has 0 radical (unpaired) electrons. The van der Waals surface area contributed by atoms with Gasteiger partial charge in [-0.2, -0.15) is 15.1 Å². The lowest BCUT2D eigenvalue weighted by molar-refractivity contribution is 0.0944. The van der Waals surface area contributed by atoms with Gasteiger partial charge in [0, 0.05) is 24.7 Å². The van der Waals surface area contributed by atoms with Crippen LogP contribution in [0.25, 0.3) is 5.65 Å². The van der Waals surface area contributed by atoms with Crippen LogP contribution in [0.5, 0.6) is 6.01 Å². The zero-order valence-corrected chi connectivity index (χ0v) is 16.4. The van der Waals surface area contributed by atoms with Crippen LogP contribution in [0.2, 0.25) is 5.15 Å². The zero-order chi connectivity index (χ0) is 19.4. The van der Waals surface area contributed by atoms with E-state index in [2.05, 4.69) is 25.4 Å². The number of rotatable bonds is 8. The second-order valence-corrected chi connectivity index (χ2v) is 7.28. The maximum Gasteiger partial charge on any atom is 0.319 e. The van der Waals surface area contributed by atoms with Gasteiger partial charge in [0.25, 0.3) is 0 Å². The number of halogens is 1. The average molecular weight is 391 g/mol. The van der Waals surface area contributed by atoms with Crippen molar-refractivity contribution in [3.8, 4) is 6.01 Å². The standard InChI is InChI=1S/C18H23ClN6O2/c1-12-15(19)22-17(23-16(12)20-11-18(2,3)26)27-10-6-7-13-21-14-8-4-5-9-25(14)24-13/h4-5,8-9,26H,6-7,10-11H2,1-3H3,(H,20,22,23). The highest BCUT2D eigenvalue weighted by Gasteiger charge is 2.15. The third-order valence-corrected chi connectivity index (χ3v) is 4.18. The predicted molar refractivity (Wildman–Crippen MR) is 103 cm³/mol. The molecule has 0 bridgehead atoms. The van der Waals surface area contributed by atoms with Crippen molar-refractivity contribution in [2.75, 3.05) is 18.5 Å². The minimum atomic E-state index is -0.869. The van der Waals surface area contributed by atoms with E-state index in [0.29, 0.717) is 36.1 Å². The number of hydrogen-bond acceptors (Lipinski definition) is 7. The van der Waals surface area contributed by atoms with Crippen LogP contribution in [-0.2, 0) is 6.42 Å². The lowest BCUT2D eigenvalue weighted by atomic mass is 10.1. The van der Waals surface area contributed by atoms with E-state index < -0.39 is 5.60 Å². The highest BCUT2D eigenvalue weighted by Crippen LogP contribution is 2.23. The molecule has 3 aromatic heterocycles. The quantitative estimate of drug-likeness (QED) is 0.450. The van der Waals surface area contributed by atoms with E-state index in [1.54, 1.807) is 18.4 Å². The number of aliphatic hydroxyl groups is 1. The number of anilines is 1. The van der Waals surface area contributed by atoms with Crippen LogP contribution in [0.4, 0.5) is 5.82 Å². The van der Waals surface area contributed by atoms with Crippen molar-refractivity contribution in [3.63, 3.8) is 0 Å². The molecule has 0 amide bonds. The lowest BCUT2D eigenvalue weighted by Gasteiger charge is -2.19. The van der Waals surface area contributed by atoms with E-state index >= 15 is 0 Å². The summed E-state index contributed by atoms with van der Waals surface area (Å²) in [6, 6.07) is 5.96. The molecule has 0 aromatic carbocycles. The molecule has 9 heteroatoms. The fraction of sp³-hybridized carbons (Fsp3) is 0.444. The maximum absolute atomic E-state index is 9.86. The average Bonchev–Trinajstić information content (AvgIpc) is 3.02. The van der Waals surface area contributed by atoms with Crippen LogP contribution in [-0.4, -0.2) is 48.4 Å². The van der Waals surface area contributed by atoms with Crippen molar-refractivity contribution < 1.29 is 9.84 Å². The molecule has 0 aliphatic carbocycles. The van der Waals surface area contributed by atoms with E-state index in [0.717, 1.165) is 17.9 Å². The molecule has 0 saturated heterocycles. The molecular formula is C18H23ClN6O2. The molecule has 0 aliphatic heterocycles. The van der Waals surface area contributed by atoms with Gasteiger partial charge in [0.05, 0.1) is 12.2 Å². The molecule has 0 spiro atoms. The number of nitrogens with one attached hydrogen (secondary N) is 1. The summed E-state index contributed by atoms with van der Waals surface area (Å²) in [4.78, 5) is 12.9. The number of pyridine rings is 1. The third kappa shape index (κ3) is 5.27. The molecular weight excluding hydrogens is 368 g/mol. The van der Waals surface area contributed by atoms with Crippen molar-refractivity contribution in [2.24, 2.45) is 0 Å². The minimum Gasteiger partial charge on any atom is -0.463 e. The molecule has 2 N–H and O–H groups in total. The monoisotopic (exact) mass is 390 g/mol. The minimum absolute atomic E-state index is 0.201. The van der Waals surface area contributed by atoms with Crippen LogP contribution in [0, 0.1) is 6.92 Å². The van der Waals surface area contributed by atoms with E-state index in [1.807, 2.05) is 31.3 Å². The van der Waals surface area contributed by atoms with Gasteiger partial charge in [-0.05, 0) is 39.3 Å². The molecule has 144 valence electrons. The maximum atomic E-state index is 9.86. The number of aromatic nitrogens is 5. The fourth-order valence-electron chi connectivity index (χ4n) is 2.38. The Labute approximate surface area is 162 Å². The van der Waals surface area contributed by atoms with E-state index in [4.69, 9.17) is 16.3 Å². The summed E-state index contributed by atoms with van der Waals surface area (Å²) in [5, 5.41) is 17.7. The Kier molecular flexibility index (Phi) is 5.76. The second kappa shape index (κ2) is 8.06. The first-order valence-electron chi connectivity index (χ1n) is 8.75. The first-order chi connectivity index (χ1) is 12.8. The number of ether oxygens (including phenoxy) is 1. The molecule has 0 fully saturated rings. The normalized spacial score (nSPS) is 11.7. The topological polar surface area (TPSA) is 97.5 Å². The number of nitrogens with zero attached hydrogens (tertiary/aromatic N) is 5. The molecule has 8 nitrogen and oxygen atoms in total. The van der Waals surface area contributed by atoms with Crippen molar-refractivity contribution in [2.45, 2.75) is 39.2 Å². The first kappa shape index (κ1) is 19.3. The Bertz CT molecular complexity index is 889. The summed E-state index contributed by atoms with van der Waals surface area (Å²) >= 11 is 6.17. The lowest BCUT2D eigenvalue weighted by Crippen LogP contribution is -2.30. The van der Waals surface area contributed by atoms with Crippen LogP contribution >= 0.6 is 11.6 Å². The van der Waals surface area contributed by atoms with Gasteiger partial charge < -0.3 is 15.2 Å². The number of fused-ring (bicyclic) bond motifs is 1. The Morgan fingerprint density at radius 2 is 2.07 bits per heavy atom. The van der Waals surface area contributed by atoms with Gasteiger partial charge in [0.2, 0.25) is 0 Å². The Hall–Kier alpha value is -2.45. The Morgan fingerprint density at radius 1 is 1.26 bits per heavy atom. The number of hydrogen-bond donors (Lipinski definition) is 2. The second-order valence-electron chi connectivity index (χ2n) is 6.92. The van der Waals surface area contributed by atoms with Crippen molar-refractivity contribution in [1.82, 2.24) is 24.6 Å². The molecule has 0 unspecified atom stereocenters. The summed E-state index contributed by atoms with van der Waals surface area (Å²) in [5.74, 6) is 1.31. The van der Waals surface area contributed by atoms with Crippen molar-refractivity contribution in [1.29, 1.82) is 0 Å². The van der Waals surface area contributed by atoms with Gasteiger partial charge in [-0.3, -0.25) is 0 Å². The number of aryl methyl sites for hydroxylation is 1. The van der Waals surface area contributed by atoms with Gasteiger partial charge >= 0.3 is 6.01 Å². The smallest absolute Gasteiger partial charge is 0.319 e. The van der Waals surface area contributed by atoms with Gasteiger partial charge in [-0.25, -0.2) is 9.50 Å². The van der Waals surface area contributed by atoms with Gasteiger partial charge in [-0.1, -0.05) is 17.7 Å². The fourth-order valence-corrected chi connectivity index (χ4v) is 2.55. The van der Waals surface area contributed by atoms with E-state index in [-0.39, 0.29) is 6.01 Å². The zero-order valence-electron chi connectivity index (χ0n) is 15.6. The molecule has 3 aromatic rings. The van der Waals surface area contributed by atoms with E-state index in [1.165, 1.54) is 0 Å². The third-order valence-electron chi connectivity index (χ3n) is 3.82. The summed E-state index contributed by atoms with van der Waals surface area (Å²) < 4.78 is 7.39. The first-order valence-corrected chi connectivity index (χ1v) is 9.13. The molecule has 0 atom stereocenters. The van der Waals surface area contributed by atoms with Crippen LogP contribution in [0.3, 0.4) is 0 Å². The van der Waals surface area contributed by atoms with Crippen molar-refractivity contribution >= 4 is 23.1 Å². The van der Waals surface area contributed by atoms with Crippen LogP contribution < -0.4 is 10.1 Å². The van der Waals surface area contributed by atoms with Crippen LogP contribution in [0.1, 0.15) is 31.7 Å². The van der Waals surface area contributed by atoms with Gasteiger partial charge in [-0.15, -0.1) is 0 Å². The van der Waals surface area contributed by atoms with Crippen molar-refractivity contribution in [3.05, 3.63) is 40.9 Å². The summed E-state index contributed by atoms with van der Waals surface area (Å²) in [6.07, 6.45) is 3.27. The molecule has 0 aliphatic rings. The Balaban J connectivity index is 1.56. The van der Waals surface area contributed by atoms with Gasteiger partial charge in [0.15, 0.2) is 11.5 Å². The highest BCUT2D eigenvalue weighted by molar-refractivity contribution is 6.30. The van der Waals surface area contributed by atoms with Crippen LogP contribution in [0.15, 0.2) is 24.4 Å². The summed E-state index contributed by atoms with van der Waals surface area (Å²) in [7, 11) is 0. The summed E-state index contributed by atoms with van der Waals surface area (Å²) in [5.41, 5.74) is 0.665. The molecule has 0 saturated carbocycles. The predicted octanol–water partition coefficient (Wildman–Crippen LogP) is 2.68. The summed E-state index contributed by atoms with van der Waals surface area (Å²) in [6.45, 7) is 5.99.